The number of hydrogen-bond acceptors (Lipinski definition) is 5. The molecule has 1 aromatic carbocycles. The third kappa shape index (κ3) is 4.23. The summed E-state index contributed by atoms with van der Waals surface area (Å²) in [5.41, 5.74) is 0.742. The van der Waals surface area contributed by atoms with Crippen molar-refractivity contribution in [2.75, 3.05) is 0 Å². The SMILES string of the molecule is O=C(Cn1c(=O)n(CCc2cccs2)c(=O)c2sccc21)NCc1ccccc1. The minimum Gasteiger partial charge on any atom is -0.350 e. The summed E-state index contributed by atoms with van der Waals surface area (Å²) in [7, 11) is 0. The number of fused-ring (bicyclic) bond motifs is 1. The average Bonchev–Trinajstić information content (AvgIpc) is 3.42. The molecule has 1 N–H and O–H groups in total. The zero-order valence-electron chi connectivity index (χ0n) is 15.5. The van der Waals surface area contributed by atoms with Gasteiger partial charge >= 0.3 is 5.69 Å². The van der Waals surface area contributed by atoms with Gasteiger partial charge in [-0.25, -0.2) is 4.79 Å². The summed E-state index contributed by atoms with van der Waals surface area (Å²) in [5.74, 6) is -0.271. The second kappa shape index (κ2) is 8.59. The lowest BCUT2D eigenvalue weighted by Crippen LogP contribution is -2.42. The van der Waals surface area contributed by atoms with Gasteiger partial charge in [0.15, 0.2) is 0 Å². The third-order valence-electron chi connectivity index (χ3n) is 4.63. The molecule has 4 rings (SSSR count). The molecule has 1 amide bonds. The normalized spacial score (nSPS) is 11.0. The monoisotopic (exact) mass is 425 g/mol. The smallest absolute Gasteiger partial charge is 0.332 e. The van der Waals surface area contributed by atoms with Gasteiger partial charge in [0, 0.05) is 18.0 Å². The first kappa shape index (κ1) is 19.4. The van der Waals surface area contributed by atoms with E-state index in [4.69, 9.17) is 0 Å². The Bertz CT molecular complexity index is 1240. The van der Waals surface area contributed by atoms with Gasteiger partial charge < -0.3 is 5.32 Å². The third-order valence-corrected chi connectivity index (χ3v) is 6.46. The largest absolute Gasteiger partial charge is 0.350 e. The summed E-state index contributed by atoms with van der Waals surface area (Å²) >= 11 is 2.88. The van der Waals surface area contributed by atoms with E-state index in [1.54, 1.807) is 22.8 Å². The minimum absolute atomic E-state index is 0.127. The fourth-order valence-corrected chi connectivity index (χ4v) is 4.70. The lowest BCUT2D eigenvalue weighted by molar-refractivity contribution is -0.121. The van der Waals surface area contributed by atoms with E-state index in [2.05, 4.69) is 5.32 Å². The highest BCUT2D eigenvalue weighted by Gasteiger charge is 2.16. The molecule has 3 aromatic heterocycles. The minimum atomic E-state index is -0.452. The molecule has 0 aliphatic rings. The number of rotatable bonds is 7. The highest BCUT2D eigenvalue weighted by atomic mass is 32.1. The molecule has 0 fully saturated rings. The second-order valence-electron chi connectivity index (χ2n) is 6.55. The van der Waals surface area contributed by atoms with Gasteiger partial charge in [-0.2, -0.15) is 0 Å². The Hall–Kier alpha value is -2.97. The predicted molar refractivity (Wildman–Crippen MR) is 117 cm³/mol. The fourth-order valence-electron chi connectivity index (χ4n) is 3.16. The quantitative estimate of drug-likeness (QED) is 0.495. The molecule has 0 unspecified atom stereocenters. The van der Waals surface area contributed by atoms with Crippen LogP contribution in [0, 0.1) is 0 Å². The zero-order valence-corrected chi connectivity index (χ0v) is 17.2. The maximum absolute atomic E-state index is 13.0. The van der Waals surface area contributed by atoms with E-state index in [1.807, 2.05) is 47.8 Å². The van der Waals surface area contributed by atoms with Crippen LogP contribution in [0.3, 0.4) is 0 Å². The van der Waals surface area contributed by atoms with Gasteiger partial charge in [-0.05, 0) is 34.9 Å². The van der Waals surface area contributed by atoms with Crippen LogP contribution in [0.25, 0.3) is 10.2 Å². The molecule has 0 radical (unpaired) electrons. The summed E-state index contributed by atoms with van der Waals surface area (Å²) in [5, 5.41) is 6.58. The van der Waals surface area contributed by atoms with Gasteiger partial charge in [0.1, 0.15) is 11.2 Å². The number of carbonyl (C=O) groups is 1. The molecule has 3 heterocycles. The van der Waals surface area contributed by atoms with E-state index >= 15 is 0 Å². The average molecular weight is 426 g/mol. The van der Waals surface area contributed by atoms with Crippen molar-refractivity contribution in [3.63, 3.8) is 0 Å². The lowest BCUT2D eigenvalue weighted by atomic mass is 10.2. The Morgan fingerprint density at radius 2 is 1.76 bits per heavy atom. The van der Waals surface area contributed by atoms with Crippen molar-refractivity contribution < 1.29 is 4.79 Å². The summed E-state index contributed by atoms with van der Waals surface area (Å²) in [6.45, 7) is 0.551. The number of nitrogens with zero attached hydrogens (tertiary/aromatic N) is 2. The van der Waals surface area contributed by atoms with Crippen molar-refractivity contribution in [2.24, 2.45) is 0 Å². The topological polar surface area (TPSA) is 73.1 Å². The second-order valence-corrected chi connectivity index (χ2v) is 8.50. The van der Waals surface area contributed by atoms with E-state index in [0.29, 0.717) is 23.2 Å². The van der Waals surface area contributed by atoms with Crippen LogP contribution in [0.2, 0.25) is 0 Å². The van der Waals surface area contributed by atoms with Gasteiger partial charge in [-0.1, -0.05) is 36.4 Å². The Morgan fingerprint density at radius 3 is 2.52 bits per heavy atom. The summed E-state index contributed by atoms with van der Waals surface area (Å²) in [6.07, 6.45) is 0.601. The molecule has 0 aliphatic carbocycles. The number of carbonyl (C=O) groups excluding carboxylic acids is 1. The van der Waals surface area contributed by atoms with Gasteiger partial charge in [-0.15, -0.1) is 22.7 Å². The Labute approximate surface area is 174 Å². The van der Waals surface area contributed by atoms with Gasteiger partial charge in [0.05, 0.1) is 5.52 Å². The Morgan fingerprint density at radius 1 is 0.931 bits per heavy atom. The zero-order chi connectivity index (χ0) is 20.2. The molecule has 29 heavy (non-hydrogen) atoms. The maximum atomic E-state index is 13.0. The molecule has 0 aliphatic heterocycles. The highest BCUT2D eigenvalue weighted by molar-refractivity contribution is 7.17. The van der Waals surface area contributed by atoms with Crippen LogP contribution in [0.1, 0.15) is 10.4 Å². The van der Waals surface area contributed by atoms with E-state index < -0.39 is 5.69 Å². The predicted octanol–water partition coefficient (Wildman–Crippen LogP) is 2.85. The maximum Gasteiger partial charge on any atom is 0.332 e. The van der Waals surface area contributed by atoms with Crippen LogP contribution in [0.5, 0.6) is 0 Å². The number of benzene rings is 1. The molecule has 0 saturated carbocycles. The molecule has 148 valence electrons. The number of aryl methyl sites for hydroxylation is 1. The van der Waals surface area contributed by atoms with Crippen molar-refractivity contribution in [2.45, 2.75) is 26.1 Å². The van der Waals surface area contributed by atoms with E-state index in [0.717, 1.165) is 10.4 Å². The van der Waals surface area contributed by atoms with E-state index in [1.165, 1.54) is 20.5 Å². The molecule has 0 atom stereocenters. The van der Waals surface area contributed by atoms with Crippen LogP contribution in [-0.2, 0) is 30.8 Å². The molecule has 6 nitrogen and oxygen atoms in total. The van der Waals surface area contributed by atoms with Crippen LogP contribution in [0.15, 0.2) is 68.9 Å². The number of amides is 1. The number of nitrogens with one attached hydrogen (secondary N) is 1. The number of aromatic nitrogens is 2. The van der Waals surface area contributed by atoms with Crippen LogP contribution < -0.4 is 16.6 Å². The molecule has 0 bridgehead atoms. The first-order valence-electron chi connectivity index (χ1n) is 9.17. The first-order valence-corrected chi connectivity index (χ1v) is 10.9. The van der Waals surface area contributed by atoms with E-state index in [-0.39, 0.29) is 24.6 Å². The van der Waals surface area contributed by atoms with Crippen molar-refractivity contribution in [3.05, 3.63) is 90.6 Å². The fraction of sp³-hybridized carbons (Fsp3) is 0.190. The lowest BCUT2D eigenvalue weighted by Gasteiger charge is -2.12. The molecular weight excluding hydrogens is 406 g/mol. The van der Waals surface area contributed by atoms with Crippen molar-refractivity contribution in [1.82, 2.24) is 14.5 Å². The summed E-state index contributed by atoms with van der Waals surface area (Å²) in [6, 6.07) is 15.2. The molecular formula is C21H19N3O3S2. The Balaban J connectivity index is 1.59. The van der Waals surface area contributed by atoms with Gasteiger partial charge in [0.2, 0.25) is 5.91 Å². The van der Waals surface area contributed by atoms with E-state index in [9.17, 15) is 14.4 Å². The standard InChI is InChI=1S/C21H19N3O3S2/c25-18(22-13-15-5-2-1-3-6-15)14-24-17-9-12-29-19(17)20(26)23(21(24)27)10-8-16-7-4-11-28-16/h1-7,9,11-12H,8,10,13-14H2,(H,22,25). The van der Waals surface area contributed by atoms with Crippen molar-refractivity contribution in [3.8, 4) is 0 Å². The van der Waals surface area contributed by atoms with Crippen molar-refractivity contribution >= 4 is 38.8 Å². The summed E-state index contributed by atoms with van der Waals surface area (Å²) in [4.78, 5) is 39.4. The molecule has 0 saturated heterocycles. The van der Waals surface area contributed by atoms with Crippen molar-refractivity contribution in [1.29, 1.82) is 0 Å². The Kier molecular flexibility index (Phi) is 5.73. The highest BCUT2D eigenvalue weighted by Crippen LogP contribution is 2.16. The van der Waals surface area contributed by atoms with Crippen LogP contribution in [-0.4, -0.2) is 15.0 Å². The molecule has 8 heteroatoms. The summed E-state index contributed by atoms with van der Waals surface area (Å²) < 4.78 is 3.12. The van der Waals surface area contributed by atoms with Crippen LogP contribution >= 0.6 is 22.7 Å². The number of thiophene rings is 2. The van der Waals surface area contributed by atoms with Gasteiger partial charge in [0.25, 0.3) is 5.56 Å². The number of hydrogen-bond donors (Lipinski definition) is 1. The molecule has 0 spiro atoms. The molecule has 4 aromatic rings. The van der Waals surface area contributed by atoms with Crippen LogP contribution in [0.4, 0.5) is 0 Å². The first-order chi connectivity index (χ1) is 14.1. The van der Waals surface area contributed by atoms with Gasteiger partial charge in [-0.3, -0.25) is 18.7 Å².